The number of rotatable bonds is 4. The van der Waals surface area contributed by atoms with Crippen LogP contribution < -0.4 is 15.2 Å². The number of nitrogens with zero attached hydrogens (tertiary/aromatic N) is 2. The second kappa shape index (κ2) is 6.22. The van der Waals surface area contributed by atoms with Crippen molar-refractivity contribution in [3.05, 3.63) is 23.8 Å². The fraction of sp³-hybridized carbons (Fsp3) is 0.625. The minimum Gasteiger partial charge on any atom is -0.454 e. The van der Waals surface area contributed by atoms with Gasteiger partial charge < -0.3 is 20.1 Å². The van der Waals surface area contributed by atoms with Crippen molar-refractivity contribution in [3.8, 4) is 11.5 Å². The van der Waals surface area contributed by atoms with Crippen LogP contribution in [0.15, 0.2) is 18.2 Å². The summed E-state index contributed by atoms with van der Waals surface area (Å²) in [5, 5.41) is 0. The van der Waals surface area contributed by atoms with E-state index in [0.717, 1.165) is 24.6 Å². The van der Waals surface area contributed by atoms with E-state index in [4.69, 9.17) is 15.2 Å². The summed E-state index contributed by atoms with van der Waals surface area (Å²) in [5.74, 6) is 1.67. The van der Waals surface area contributed by atoms with Crippen molar-refractivity contribution < 1.29 is 9.47 Å². The molecule has 1 aromatic rings. The number of likely N-dealkylation sites (N-methyl/N-ethyl adjacent to an activating group) is 1. The number of likely N-dealkylation sites (tertiary alicyclic amines) is 1. The van der Waals surface area contributed by atoms with Crippen LogP contribution in [0.1, 0.15) is 24.4 Å². The fourth-order valence-electron chi connectivity index (χ4n) is 3.30. The quantitative estimate of drug-likeness (QED) is 0.910. The van der Waals surface area contributed by atoms with Crippen LogP contribution in [0.25, 0.3) is 0 Å². The molecular weight excluding hydrogens is 266 g/mol. The number of nitrogens with two attached hydrogens (primary N) is 1. The normalized spacial score (nSPS) is 23.5. The molecule has 2 atom stereocenters. The number of benzene rings is 1. The van der Waals surface area contributed by atoms with E-state index in [-0.39, 0.29) is 6.04 Å². The largest absolute Gasteiger partial charge is 0.454 e. The Morgan fingerprint density at radius 2 is 2.14 bits per heavy atom. The summed E-state index contributed by atoms with van der Waals surface area (Å²) in [5.41, 5.74) is 7.30. The van der Waals surface area contributed by atoms with E-state index < -0.39 is 0 Å². The van der Waals surface area contributed by atoms with Gasteiger partial charge in [0.15, 0.2) is 11.5 Å². The highest BCUT2D eigenvalue weighted by Gasteiger charge is 2.28. The molecule has 0 spiro atoms. The molecule has 5 heteroatoms. The van der Waals surface area contributed by atoms with Gasteiger partial charge in [-0.2, -0.15) is 0 Å². The smallest absolute Gasteiger partial charge is 0.231 e. The summed E-state index contributed by atoms with van der Waals surface area (Å²) in [7, 11) is 4.32. The topological polar surface area (TPSA) is 51.0 Å². The lowest BCUT2D eigenvalue weighted by molar-refractivity contribution is 0.0983. The van der Waals surface area contributed by atoms with E-state index >= 15 is 0 Å². The molecule has 1 saturated heterocycles. The summed E-state index contributed by atoms with van der Waals surface area (Å²) in [6.07, 6.45) is 2.49. The third-order valence-electron chi connectivity index (χ3n) is 4.60. The lowest BCUT2D eigenvalue weighted by Crippen LogP contribution is -2.47. The highest BCUT2D eigenvalue weighted by Crippen LogP contribution is 2.35. The first kappa shape index (κ1) is 14.6. The average Bonchev–Trinajstić information content (AvgIpc) is 2.96. The van der Waals surface area contributed by atoms with Crippen molar-refractivity contribution >= 4 is 0 Å². The maximum atomic E-state index is 6.08. The third kappa shape index (κ3) is 3.00. The van der Waals surface area contributed by atoms with Crippen molar-refractivity contribution in [2.75, 3.05) is 40.5 Å². The third-order valence-corrected chi connectivity index (χ3v) is 4.60. The molecule has 5 nitrogen and oxygen atoms in total. The summed E-state index contributed by atoms with van der Waals surface area (Å²) in [6, 6.07) is 7.06. The molecule has 2 aliphatic heterocycles. The van der Waals surface area contributed by atoms with E-state index in [2.05, 4.69) is 36.0 Å². The molecule has 21 heavy (non-hydrogen) atoms. The summed E-state index contributed by atoms with van der Waals surface area (Å²) >= 11 is 0. The Kier molecular flexibility index (Phi) is 4.33. The van der Waals surface area contributed by atoms with Crippen LogP contribution in [0.4, 0.5) is 0 Å². The van der Waals surface area contributed by atoms with Crippen LogP contribution in [0.2, 0.25) is 0 Å². The van der Waals surface area contributed by atoms with Gasteiger partial charge in [0, 0.05) is 25.2 Å². The summed E-state index contributed by atoms with van der Waals surface area (Å²) < 4.78 is 10.9. The van der Waals surface area contributed by atoms with Gasteiger partial charge in [0.1, 0.15) is 0 Å². The van der Waals surface area contributed by atoms with Gasteiger partial charge >= 0.3 is 0 Å². The number of ether oxygens (including phenoxy) is 2. The standard InChI is InChI=1S/C16H25N3O2/c1-18(2)13-4-3-7-19(10-13)14(9-17)12-5-6-15-16(8-12)21-11-20-15/h5-6,8,13-14H,3-4,7,9-11,17H2,1-2H3. The molecular formula is C16H25N3O2. The predicted octanol–water partition coefficient (Wildman–Crippen LogP) is 1.44. The van der Waals surface area contributed by atoms with E-state index in [9.17, 15) is 0 Å². The van der Waals surface area contributed by atoms with E-state index in [1.807, 2.05) is 6.07 Å². The van der Waals surface area contributed by atoms with Crippen molar-refractivity contribution in [2.24, 2.45) is 5.73 Å². The first-order chi connectivity index (χ1) is 10.2. The zero-order chi connectivity index (χ0) is 14.8. The summed E-state index contributed by atoms with van der Waals surface area (Å²) in [4.78, 5) is 4.82. The van der Waals surface area contributed by atoms with E-state index in [0.29, 0.717) is 19.4 Å². The number of hydrogen-bond acceptors (Lipinski definition) is 5. The first-order valence-electron chi connectivity index (χ1n) is 7.69. The Labute approximate surface area is 126 Å². The van der Waals surface area contributed by atoms with Crippen LogP contribution in [-0.4, -0.2) is 56.4 Å². The number of piperidine rings is 1. The molecule has 0 radical (unpaired) electrons. The van der Waals surface area contributed by atoms with Crippen LogP contribution in [0, 0.1) is 0 Å². The van der Waals surface area contributed by atoms with Crippen molar-refractivity contribution in [1.29, 1.82) is 0 Å². The molecule has 0 saturated carbocycles. The second-order valence-electron chi connectivity index (χ2n) is 6.12. The zero-order valence-corrected chi connectivity index (χ0v) is 12.9. The van der Waals surface area contributed by atoms with Crippen molar-refractivity contribution in [3.63, 3.8) is 0 Å². The zero-order valence-electron chi connectivity index (χ0n) is 12.9. The highest BCUT2D eigenvalue weighted by molar-refractivity contribution is 5.45. The maximum Gasteiger partial charge on any atom is 0.231 e. The average molecular weight is 291 g/mol. The molecule has 0 aromatic heterocycles. The molecule has 2 heterocycles. The lowest BCUT2D eigenvalue weighted by atomic mass is 9.98. The van der Waals surface area contributed by atoms with E-state index in [1.54, 1.807) is 0 Å². The molecule has 0 amide bonds. The molecule has 0 aliphatic carbocycles. The molecule has 2 N–H and O–H groups in total. The molecule has 2 aliphatic rings. The van der Waals surface area contributed by atoms with Gasteiger partial charge in [-0.05, 0) is 51.2 Å². The SMILES string of the molecule is CN(C)C1CCCN(C(CN)c2ccc3c(c2)OCO3)C1. The molecule has 0 bridgehead atoms. The van der Waals surface area contributed by atoms with Crippen LogP contribution in [0.5, 0.6) is 11.5 Å². The van der Waals surface area contributed by atoms with Gasteiger partial charge in [-0.1, -0.05) is 6.07 Å². The molecule has 3 rings (SSSR count). The molecule has 116 valence electrons. The Morgan fingerprint density at radius 1 is 1.33 bits per heavy atom. The van der Waals surface area contributed by atoms with Crippen molar-refractivity contribution in [2.45, 2.75) is 24.9 Å². The van der Waals surface area contributed by atoms with Crippen LogP contribution in [-0.2, 0) is 0 Å². The van der Waals surface area contributed by atoms with Gasteiger partial charge in [0.05, 0.1) is 0 Å². The predicted molar refractivity (Wildman–Crippen MR) is 82.6 cm³/mol. The van der Waals surface area contributed by atoms with Gasteiger partial charge in [0.25, 0.3) is 0 Å². The minimum atomic E-state index is 0.252. The van der Waals surface area contributed by atoms with Gasteiger partial charge in [0.2, 0.25) is 6.79 Å². The van der Waals surface area contributed by atoms with Crippen LogP contribution in [0.3, 0.4) is 0 Å². The monoisotopic (exact) mass is 291 g/mol. The van der Waals surface area contributed by atoms with Gasteiger partial charge in [-0.3, -0.25) is 4.90 Å². The Morgan fingerprint density at radius 3 is 2.90 bits per heavy atom. The lowest BCUT2D eigenvalue weighted by Gasteiger charge is -2.40. The summed E-state index contributed by atoms with van der Waals surface area (Å²) in [6.45, 7) is 3.13. The fourth-order valence-corrected chi connectivity index (χ4v) is 3.30. The van der Waals surface area contributed by atoms with Crippen LogP contribution >= 0.6 is 0 Å². The van der Waals surface area contributed by atoms with Crippen molar-refractivity contribution in [1.82, 2.24) is 9.80 Å². The highest BCUT2D eigenvalue weighted by atomic mass is 16.7. The Balaban J connectivity index is 1.78. The minimum absolute atomic E-state index is 0.252. The Bertz CT molecular complexity index is 492. The Hall–Kier alpha value is -1.30. The molecule has 2 unspecified atom stereocenters. The number of fused-ring (bicyclic) bond motifs is 1. The molecule has 1 aromatic carbocycles. The van der Waals surface area contributed by atoms with Gasteiger partial charge in [-0.15, -0.1) is 0 Å². The first-order valence-corrected chi connectivity index (χ1v) is 7.69. The maximum absolute atomic E-state index is 6.08. The molecule has 1 fully saturated rings. The second-order valence-corrected chi connectivity index (χ2v) is 6.12. The number of hydrogen-bond donors (Lipinski definition) is 1. The van der Waals surface area contributed by atoms with Gasteiger partial charge in [-0.25, -0.2) is 0 Å². The van der Waals surface area contributed by atoms with E-state index in [1.165, 1.54) is 18.4 Å².